The van der Waals surface area contributed by atoms with Crippen LogP contribution in [0, 0.1) is 0 Å². The van der Waals surface area contributed by atoms with Crippen molar-refractivity contribution in [3.63, 3.8) is 0 Å². The first-order valence-corrected chi connectivity index (χ1v) is 5.42. The van der Waals surface area contributed by atoms with Gasteiger partial charge in [0.15, 0.2) is 0 Å². The van der Waals surface area contributed by atoms with E-state index in [1.54, 1.807) is 0 Å². The third-order valence-electron chi connectivity index (χ3n) is 1.11. The molecule has 0 aromatic heterocycles. The summed E-state index contributed by atoms with van der Waals surface area (Å²) in [6.07, 6.45) is 0. The fourth-order valence-corrected chi connectivity index (χ4v) is 2.26. The van der Waals surface area contributed by atoms with Gasteiger partial charge in [-0.15, -0.1) is 0 Å². The van der Waals surface area contributed by atoms with Crippen molar-refractivity contribution in [2.24, 2.45) is 0 Å². The van der Waals surface area contributed by atoms with Gasteiger partial charge in [-0.1, -0.05) is 0 Å². The molecule has 11 heavy (non-hydrogen) atoms. The van der Waals surface area contributed by atoms with Crippen molar-refractivity contribution in [3.05, 3.63) is 25.6 Å². The first-order chi connectivity index (χ1) is 5.16. The van der Waals surface area contributed by atoms with Gasteiger partial charge in [0.2, 0.25) is 0 Å². The quantitative estimate of drug-likeness (QED) is 0.552. The number of hydrogen-bond acceptors (Lipinski definition) is 1. The van der Waals surface area contributed by atoms with Gasteiger partial charge in [0.25, 0.3) is 0 Å². The third-order valence-corrected chi connectivity index (χ3v) is 4.67. The minimum atomic E-state index is 0.733. The predicted octanol–water partition coefficient (Wildman–Crippen LogP) is 3.44. The SMILES string of the molecule is [Si]Oc1ccc(Br)c(Br)c1Br. The summed E-state index contributed by atoms with van der Waals surface area (Å²) < 4.78 is 7.69. The zero-order valence-corrected chi connectivity index (χ0v) is 11.0. The largest absolute Gasteiger partial charge is 0.540 e. The van der Waals surface area contributed by atoms with Crippen LogP contribution in [0.5, 0.6) is 5.75 Å². The molecule has 1 aromatic rings. The van der Waals surface area contributed by atoms with Crippen molar-refractivity contribution in [1.29, 1.82) is 0 Å². The lowest BCUT2D eigenvalue weighted by Gasteiger charge is -2.05. The summed E-state index contributed by atoms with van der Waals surface area (Å²) in [7, 11) is 2.95. The Morgan fingerprint density at radius 1 is 1.09 bits per heavy atom. The lowest BCUT2D eigenvalue weighted by atomic mass is 10.3. The van der Waals surface area contributed by atoms with Gasteiger partial charge >= 0.3 is 10.5 Å². The van der Waals surface area contributed by atoms with E-state index in [4.69, 9.17) is 4.43 Å². The maximum Gasteiger partial charge on any atom is 0.341 e. The smallest absolute Gasteiger partial charge is 0.341 e. The number of benzene rings is 1. The Kier molecular flexibility index (Phi) is 3.61. The molecule has 0 saturated heterocycles. The minimum Gasteiger partial charge on any atom is -0.540 e. The minimum absolute atomic E-state index is 0.733. The van der Waals surface area contributed by atoms with Crippen LogP contribution in [0.25, 0.3) is 0 Å². The highest BCUT2D eigenvalue weighted by Crippen LogP contribution is 2.37. The fourth-order valence-electron chi connectivity index (χ4n) is 0.587. The predicted molar refractivity (Wildman–Crippen MR) is 55.9 cm³/mol. The van der Waals surface area contributed by atoms with Crippen LogP contribution in [0.2, 0.25) is 0 Å². The van der Waals surface area contributed by atoms with Crippen LogP contribution in [0.15, 0.2) is 25.6 Å². The summed E-state index contributed by atoms with van der Waals surface area (Å²) in [6, 6.07) is 3.73. The molecule has 5 heteroatoms. The summed E-state index contributed by atoms with van der Waals surface area (Å²) >= 11 is 10.1. The van der Waals surface area contributed by atoms with E-state index in [1.807, 2.05) is 12.1 Å². The molecule has 1 aromatic carbocycles. The second-order valence-electron chi connectivity index (χ2n) is 1.78. The van der Waals surface area contributed by atoms with E-state index in [-0.39, 0.29) is 0 Å². The number of rotatable bonds is 1. The second kappa shape index (κ2) is 4.07. The van der Waals surface area contributed by atoms with Crippen molar-refractivity contribution in [2.45, 2.75) is 0 Å². The van der Waals surface area contributed by atoms with Gasteiger partial charge in [0.1, 0.15) is 5.75 Å². The van der Waals surface area contributed by atoms with Crippen molar-refractivity contribution in [3.8, 4) is 5.75 Å². The Bertz CT molecular complexity index is 277. The molecule has 3 radical (unpaired) electrons. The first-order valence-electron chi connectivity index (χ1n) is 2.64. The third kappa shape index (κ3) is 2.08. The molecule has 0 N–H and O–H groups in total. The summed E-state index contributed by atoms with van der Waals surface area (Å²) in [6.45, 7) is 0. The Hall–Kier alpha value is 0.677. The Balaban J connectivity index is 3.25. The molecule has 0 aliphatic rings. The number of halogens is 3. The molecule has 0 amide bonds. The monoisotopic (exact) mass is 355 g/mol. The molecule has 57 valence electrons. The molecule has 0 unspecified atom stereocenters. The number of hydrogen-bond donors (Lipinski definition) is 0. The molecule has 0 spiro atoms. The van der Waals surface area contributed by atoms with Crippen LogP contribution < -0.4 is 4.43 Å². The van der Waals surface area contributed by atoms with Crippen LogP contribution in [0.4, 0.5) is 0 Å². The summed E-state index contributed by atoms with van der Waals surface area (Å²) in [5.74, 6) is 0.733. The van der Waals surface area contributed by atoms with E-state index in [0.29, 0.717) is 0 Å². The molecule has 0 aliphatic heterocycles. The van der Waals surface area contributed by atoms with E-state index in [0.717, 1.165) is 19.2 Å². The molecule has 0 bridgehead atoms. The van der Waals surface area contributed by atoms with E-state index in [2.05, 4.69) is 58.3 Å². The van der Waals surface area contributed by atoms with Crippen LogP contribution in [-0.2, 0) is 0 Å². The Morgan fingerprint density at radius 2 is 1.73 bits per heavy atom. The first kappa shape index (κ1) is 9.76. The van der Waals surface area contributed by atoms with Crippen LogP contribution in [0.1, 0.15) is 0 Å². The molecule has 0 saturated carbocycles. The summed E-state index contributed by atoms with van der Waals surface area (Å²) in [5, 5.41) is 0. The second-order valence-corrected chi connectivity index (χ2v) is 4.42. The highest BCUT2D eigenvalue weighted by Gasteiger charge is 2.06. The van der Waals surface area contributed by atoms with Gasteiger partial charge in [-0.25, -0.2) is 0 Å². The van der Waals surface area contributed by atoms with Gasteiger partial charge in [0.05, 0.1) is 4.47 Å². The van der Waals surface area contributed by atoms with Crippen molar-refractivity contribution >= 4 is 58.3 Å². The standard InChI is InChI=1S/C6H2Br3OSi/c7-3-1-2-4(10-11)6(9)5(3)8/h1-2H. The van der Waals surface area contributed by atoms with Crippen molar-refractivity contribution < 1.29 is 4.43 Å². The van der Waals surface area contributed by atoms with Gasteiger partial charge in [-0.2, -0.15) is 0 Å². The van der Waals surface area contributed by atoms with E-state index in [1.165, 1.54) is 0 Å². The fraction of sp³-hybridized carbons (Fsp3) is 0. The van der Waals surface area contributed by atoms with Gasteiger partial charge in [-0.05, 0) is 59.9 Å². The molecule has 0 aliphatic carbocycles. The lowest BCUT2D eigenvalue weighted by Crippen LogP contribution is -1.86. The van der Waals surface area contributed by atoms with Crippen LogP contribution in [-0.4, -0.2) is 10.5 Å². The highest BCUT2D eigenvalue weighted by atomic mass is 79.9. The zero-order chi connectivity index (χ0) is 8.43. The lowest BCUT2D eigenvalue weighted by molar-refractivity contribution is 0.611. The van der Waals surface area contributed by atoms with E-state index in [9.17, 15) is 0 Å². The van der Waals surface area contributed by atoms with E-state index >= 15 is 0 Å². The molecule has 0 fully saturated rings. The zero-order valence-electron chi connectivity index (χ0n) is 5.20. The van der Waals surface area contributed by atoms with Gasteiger partial charge < -0.3 is 4.43 Å². The Morgan fingerprint density at radius 3 is 2.27 bits per heavy atom. The normalized spacial score (nSPS) is 9.82. The molecule has 1 nitrogen and oxygen atoms in total. The average molecular weight is 358 g/mol. The summed E-state index contributed by atoms with van der Waals surface area (Å²) in [5.41, 5.74) is 0. The maximum atomic E-state index is 4.89. The van der Waals surface area contributed by atoms with Crippen LogP contribution >= 0.6 is 47.8 Å². The molecular weight excluding hydrogens is 356 g/mol. The molecule has 0 heterocycles. The topological polar surface area (TPSA) is 9.23 Å². The highest BCUT2D eigenvalue weighted by molar-refractivity contribution is 9.14. The molecule has 0 atom stereocenters. The molecule has 1 rings (SSSR count). The van der Waals surface area contributed by atoms with Gasteiger partial charge in [-0.3, -0.25) is 0 Å². The van der Waals surface area contributed by atoms with Crippen molar-refractivity contribution in [2.75, 3.05) is 0 Å². The van der Waals surface area contributed by atoms with E-state index < -0.39 is 0 Å². The van der Waals surface area contributed by atoms with Gasteiger partial charge in [0, 0.05) is 8.95 Å². The average Bonchev–Trinajstić information content (AvgIpc) is 2.01. The summed E-state index contributed by atoms with van der Waals surface area (Å²) in [4.78, 5) is 0. The molecular formula is C6H2Br3OSi. The maximum absolute atomic E-state index is 4.89. The van der Waals surface area contributed by atoms with Crippen LogP contribution in [0.3, 0.4) is 0 Å². The van der Waals surface area contributed by atoms with Crippen molar-refractivity contribution in [1.82, 2.24) is 0 Å². The Labute approximate surface area is 93.4 Å².